The van der Waals surface area contributed by atoms with Gasteiger partial charge in [0, 0.05) is 0 Å². The molecule has 1 aliphatic rings. The zero-order chi connectivity index (χ0) is 18.6. The van der Waals surface area contributed by atoms with E-state index in [2.05, 4.69) is 0 Å². The van der Waals surface area contributed by atoms with Crippen molar-refractivity contribution in [2.75, 3.05) is 26.4 Å². The highest BCUT2D eigenvalue weighted by Gasteiger charge is 1.94. The summed E-state index contributed by atoms with van der Waals surface area (Å²) in [6.45, 7) is 3.11. The first kappa shape index (κ1) is 27.4. The Balaban J connectivity index is -0.0000000937. The van der Waals surface area contributed by atoms with Gasteiger partial charge in [-0.05, 0) is 24.6 Å². The molecule has 1 saturated heterocycles. The van der Waals surface area contributed by atoms with Gasteiger partial charge in [-0.25, -0.2) is 0 Å². The van der Waals surface area contributed by atoms with Crippen LogP contribution in [0.5, 0.6) is 0 Å². The number of carbonyl (C=O) groups excluding carboxylic acids is 4. The molecule has 0 unspecified atom stereocenters. The van der Waals surface area contributed by atoms with E-state index >= 15 is 0 Å². The van der Waals surface area contributed by atoms with Gasteiger partial charge < -0.3 is 69.5 Å². The van der Waals surface area contributed by atoms with Crippen LogP contribution < -0.4 is 40.9 Å². The van der Waals surface area contributed by atoms with Crippen LogP contribution in [0.4, 0.5) is 19.2 Å². The summed E-state index contributed by atoms with van der Waals surface area (Å²) in [5.74, 6) is 0. The van der Waals surface area contributed by atoms with E-state index in [1.807, 2.05) is 0 Å². The highest BCUT2D eigenvalue weighted by atomic mass is 16.6. The van der Waals surface area contributed by atoms with Crippen molar-refractivity contribution in [3.63, 3.8) is 0 Å². The van der Waals surface area contributed by atoms with Crippen molar-refractivity contribution in [1.82, 2.24) is 0 Å². The van der Waals surface area contributed by atoms with Gasteiger partial charge in [-0.1, -0.05) is 0 Å². The van der Waals surface area contributed by atoms with Gasteiger partial charge in [0.2, 0.25) is 0 Å². The molecule has 14 heteroatoms. The van der Waals surface area contributed by atoms with Crippen LogP contribution in [0.25, 0.3) is 0 Å². The number of carboxylic acid groups (broad SMARTS) is 8. The fourth-order valence-electron chi connectivity index (χ4n) is 0.440. The fraction of sp³-hybridized carbons (Fsp3) is 0.500. The molecular formula is C8H8O14-8. The zero-order valence-corrected chi connectivity index (χ0v) is 10.5. The van der Waals surface area contributed by atoms with Gasteiger partial charge in [-0.2, -0.15) is 0 Å². The molecule has 1 heterocycles. The number of hydrogen-bond donors (Lipinski definition) is 0. The minimum Gasteiger partial charge on any atom is -0.652 e. The maximum atomic E-state index is 8.33. The smallest absolute Gasteiger partial charge is 0.0701 e. The molecule has 0 atom stereocenters. The molecule has 0 aromatic heterocycles. The number of ether oxygens (including phenoxy) is 2. The molecule has 0 aliphatic carbocycles. The second-order valence-corrected chi connectivity index (χ2v) is 2.22. The first-order chi connectivity index (χ1) is 9.93. The quantitative estimate of drug-likeness (QED) is 0.399. The van der Waals surface area contributed by atoms with Crippen LogP contribution >= 0.6 is 0 Å². The van der Waals surface area contributed by atoms with Crippen molar-refractivity contribution in [2.45, 2.75) is 0 Å². The maximum absolute atomic E-state index is 8.33. The lowest BCUT2D eigenvalue weighted by molar-refractivity contribution is -0.417. The number of hydrogen-bond acceptors (Lipinski definition) is 14. The van der Waals surface area contributed by atoms with Crippen LogP contribution in [-0.4, -0.2) is 51.0 Å². The molecule has 132 valence electrons. The second kappa shape index (κ2) is 23.1. The van der Waals surface area contributed by atoms with Crippen molar-refractivity contribution >= 4 is 24.6 Å². The van der Waals surface area contributed by atoms with E-state index < -0.39 is 24.6 Å². The van der Waals surface area contributed by atoms with Crippen LogP contribution in [0.3, 0.4) is 0 Å². The molecule has 1 rings (SSSR count). The SMILES string of the molecule is C1COCCO1.O=C([O-])[O-].O=C([O-])[O-].O=C([O-])[O-].O=C([O-])[O-]. The van der Waals surface area contributed by atoms with Crippen LogP contribution in [0, 0.1) is 0 Å². The summed E-state index contributed by atoms with van der Waals surface area (Å²) in [5, 5.41) is 66.7. The summed E-state index contributed by atoms with van der Waals surface area (Å²) < 4.78 is 9.89. The van der Waals surface area contributed by atoms with Crippen molar-refractivity contribution in [3.05, 3.63) is 0 Å². The highest BCUT2D eigenvalue weighted by Crippen LogP contribution is 1.85. The molecule has 0 aromatic carbocycles. The van der Waals surface area contributed by atoms with E-state index in [4.69, 9.17) is 69.5 Å². The normalized spacial score (nSPS) is 10.9. The Hall–Kier alpha value is -3.00. The van der Waals surface area contributed by atoms with E-state index in [9.17, 15) is 0 Å². The number of rotatable bonds is 0. The average Bonchev–Trinajstić information content (AvgIpc) is 2.28. The Morgan fingerprint density at radius 1 is 0.455 bits per heavy atom. The predicted octanol–water partition coefficient (Wildman–Crippen LogP) is -9.75. The standard InChI is InChI=1S/C4H8O2.4CH2O3/c1-2-6-4-3-5-1;4*2-1(3)4/h1-4H2;4*(H2,2,3,4)/p-8. The molecule has 14 nitrogen and oxygen atoms in total. The van der Waals surface area contributed by atoms with Gasteiger partial charge >= 0.3 is 0 Å². The molecule has 0 aromatic rings. The minimum atomic E-state index is -2.33. The van der Waals surface area contributed by atoms with Crippen LogP contribution in [-0.2, 0) is 9.47 Å². The molecule has 0 bridgehead atoms. The molecule has 0 amide bonds. The Labute approximate surface area is 122 Å². The average molecular weight is 328 g/mol. The third-order valence-electron chi connectivity index (χ3n) is 0.744. The van der Waals surface area contributed by atoms with E-state index in [0.717, 1.165) is 26.4 Å². The van der Waals surface area contributed by atoms with Crippen molar-refractivity contribution in [1.29, 1.82) is 0 Å². The lowest BCUT2D eigenvalue weighted by atomic mass is 10.6. The lowest BCUT2D eigenvalue weighted by Gasteiger charge is -2.09. The largest absolute Gasteiger partial charge is 0.652 e. The summed E-state index contributed by atoms with van der Waals surface area (Å²) in [5.41, 5.74) is 0. The third kappa shape index (κ3) is 484. The summed E-state index contributed by atoms with van der Waals surface area (Å²) >= 11 is 0. The Bertz CT molecular complexity index is 220. The Morgan fingerprint density at radius 2 is 0.545 bits per heavy atom. The number of carbonyl (C=O) groups is 4. The molecule has 1 aliphatic heterocycles. The van der Waals surface area contributed by atoms with Gasteiger partial charge in [0.1, 0.15) is 0 Å². The molecule has 22 heavy (non-hydrogen) atoms. The van der Waals surface area contributed by atoms with E-state index in [-0.39, 0.29) is 0 Å². The van der Waals surface area contributed by atoms with Crippen molar-refractivity contribution in [2.24, 2.45) is 0 Å². The van der Waals surface area contributed by atoms with E-state index in [1.165, 1.54) is 0 Å². The highest BCUT2D eigenvalue weighted by molar-refractivity contribution is 5.48. The second-order valence-electron chi connectivity index (χ2n) is 2.22. The molecule has 1 fully saturated rings. The molecule has 0 saturated carbocycles. The molecule has 0 spiro atoms. The van der Waals surface area contributed by atoms with Gasteiger partial charge in [0.15, 0.2) is 0 Å². The summed E-state index contributed by atoms with van der Waals surface area (Å²) in [7, 11) is 0. The fourth-order valence-corrected chi connectivity index (χ4v) is 0.440. The Kier molecular flexibility index (Phi) is 28.8. The van der Waals surface area contributed by atoms with Crippen LogP contribution in [0.15, 0.2) is 0 Å². The van der Waals surface area contributed by atoms with Crippen molar-refractivity contribution < 1.29 is 69.5 Å². The lowest BCUT2D eigenvalue weighted by Crippen LogP contribution is -2.37. The summed E-state index contributed by atoms with van der Waals surface area (Å²) in [4.78, 5) is 33.3. The van der Waals surface area contributed by atoms with E-state index in [1.54, 1.807) is 0 Å². The van der Waals surface area contributed by atoms with Gasteiger partial charge in [-0.3, -0.25) is 0 Å². The summed E-state index contributed by atoms with van der Waals surface area (Å²) in [6, 6.07) is 0. The predicted molar refractivity (Wildman–Crippen MR) is 43.2 cm³/mol. The Morgan fingerprint density at radius 3 is 0.591 bits per heavy atom. The molecule has 0 radical (unpaired) electrons. The topological polar surface area (TPSA) is 271 Å². The van der Waals surface area contributed by atoms with Crippen LogP contribution in [0.1, 0.15) is 0 Å². The molecule has 0 N–H and O–H groups in total. The van der Waals surface area contributed by atoms with Gasteiger partial charge in [-0.15, -0.1) is 0 Å². The first-order valence-electron chi connectivity index (χ1n) is 4.60. The maximum Gasteiger partial charge on any atom is 0.0701 e. The van der Waals surface area contributed by atoms with E-state index in [0.29, 0.717) is 0 Å². The third-order valence-corrected chi connectivity index (χ3v) is 0.744. The summed E-state index contributed by atoms with van der Waals surface area (Å²) in [6.07, 6.45) is -9.33. The van der Waals surface area contributed by atoms with Gasteiger partial charge in [0.25, 0.3) is 0 Å². The van der Waals surface area contributed by atoms with Crippen molar-refractivity contribution in [3.8, 4) is 0 Å². The molecular weight excluding hydrogens is 320 g/mol. The zero-order valence-electron chi connectivity index (χ0n) is 10.5. The van der Waals surface area contributed by atoms with Gasteiger partial charge in [0.05, 0.1) is 26.4 Å². The van der Waals surface area contributed by atoms with Crippen LogP contribution in [0.2, 0.25) is 0 Å². The first-order valence-corrected chi connectivity index (χ1v) is 4.60. The minimum absolute atomic E-state index is 0.778. The monoisotopic (exact) mass is 328 g/mol.